The van der Waals surface area contributed by atoms with Crippen LogP contribution in [0.4, 0.5) is 0 Å². The molecule has 31 heavy (non-hydrogen) atoms. The van der Waals surface area contributed by atoms with Crippen molar-refractivity contribution in [3.8, 4) is 0 Å². The number of carbonyl (C=O) groups excluding carboxylic acids is 3. The Labute approximate surface area is 181 Å². The largest absolute Gasteiger partial charge is 0.468 e. The highest BCUT2D eigenvalue weighted by molar-refractivity contribution is 6.12. The number of rotatable bonds is 4. The summed E-state index contributed by atoms with van der Waals surface area (Å²) in [7, 11) is 1.28. The monoisotopic (exact) mass is 427 g/mol. The zero-order chi connectivity index (χ0) is 22.3. The molecule has 1 aliphatic heterocycles. The second-order valence-electron chi connectivity index (χ2n) is 8.80. The second kappa shape index (κ2) is 8.36. The molecule has 3 aliphatic rings. The Bertz CT molecular complexity index is 978. The number of methoxy groups -OCH3 is 1. The van der Waals surface area contributed by atoms with E-state index < -0.39 is 23.8 Å². The van der Waals surface area contributed by atoms with Crippen LogP contribution >= 0.6 is 0 Å². The molecule has 7 heteroatoms. The van der Waals surface area contributed by atoms with E-state index in [-0.39, 0.29) is 17.8 Å². The first-order valence-electron chi connectivity index (χ1n) is 10.9. The van der Waals surface area contributed by atoms with Crippen LogP contribution in [0.25, 0.3) is 0 Å². The van der Waals surface area contributed by atoms with E-state index >= 15 is 0 Å². The normalized spacial score (nSPS) is 26.6. The summed E-state index contributed by atoms with van der Waals surface area (Å²) in [6, 6.07) is 3.59. The molecular formula is C24H29NO6. The fraction of sp³-hybridized carbons (Fsp3) is 0.542. The van der Waals surface area contributed by atoms with Crippen LogP contribution in [0.1, 0.15) is 63.4 Å². The molecule has 7 nitrogen and oxygen atoms in total. The van der Waals surface area contributed by atoms with Gasteiger partial charge in [0.05, 0.1) is 18.6 Å². The van der Waals surface area contributed by atoms with E-state index in [2.05, 4.69) is 5.32 Å². The van der Waals surface area contributed by atoms with Gasteiger partial charge in [0.2, 0.25) is 0 Å². The number of hydrogen-bond acceptors (Lipinski definition) is 7. The number of allylic oxidation sites excluding steroid dienone is 3. The van der Waals surface area contributed by atoms with E-state index in [0.717, 1.165) is 31.4 Å². The molecule has 0 unspecified atom stereocenters. The fourth-order valence-electron chi connectivity index (χ4n) is 5.07. The Hall–Kier alpha value is -2.83. The predicted molar refractivity (Wildman–Crippen MR) is 112 cm³/mol. The SMILES string of the molecule is COC(=O)[C@@H]1C(=O)C2=C(C[C@@H]1C)NC(C)=C(C(=O)OC1CCCC1)[C@H]2c1ccc(C)o1. The van der Waals surface area contributed by atoms with Crippen LogP contribution in [-0.2, 0) is 23.9 Å². The van der Waals surface area contributed by atoms with Gasteiger partial charge in [-0.2, -0.15) is 0 Å². The first-order chi connectivity index (χ1) is 14.8. The van der Waals surface area contributed by atoms with Gasteiger partial charge in [0.15, 0.2) is 5.78 Å². The number of esters is 2. The van der Waals surface area contributed by atoms with Crippen LogP contribution in [-0.4, -0.2) is 30.9 Å². The van der Waals surface area contributed by atoms with Crippen molar-refractivity contribution in [1.82, 2.24) is 5.32 Å². The Balaban J connectivity index is 1.78. The lowest BCUT2D eigenvalue weighted by Gasteiger charge is -2.37. The molecular weight excluding hydrogens is 398 g/mol. The standard InChI is InChI=1S/C24H29NO6/c1-12-11-16-20(22(26)18(12)23(27)29-4)21(17-10-9-13(2)30-17)19(14(3)25-16)24(28)31-15-7-5-6-8-15/h9-10,12,15,18,21,25H,5-8,11H2,1-4H3/t12-,18-,21+/m0/s1. The minimum absolute atomic E-state index is 0.105. The molecule has 0 saturated heterocycles. The van der Waals surface area contributed by atoms with Crippen molar-refractivity contribution in [3.05, 3.63) is 46.2 Å². The van der Waals surface area contributed by atoms with Gasteiger partial charge in [0.25, 0.3) is 0 Å². The van der Waals surface area contributed by atoms with Gasteiger partial charge in [-0.1, -0.05) is 6.92 Å². The number of dihydropyridines is 1. The van der Waals surface area contributed by atoms with Crippen LogP contribution in [0, 0.1) is 18.8 Å². The topological polar surface area (TPSA) is 94.8 Å². The summed E-state index contributed by atoms with van der Waals surface area (Å²) in [5.41, 5.74) is 2.14. The van der Waals surface area contributed by atoms with E-state index in [1.165, 1.54) is 7.11 Å². The van der Waals surface area contributed by atoms with Crippen LogP contribution in [0.2, 0.25) is 0 Å². The van der Waals surface area contributed by atoms with Crippen molar-refractivity contribution in [2.45, 2.75) is 64.9 Å². The van der Waals surface area contributed by atoms with Gasteiger partial charge in [-0.25, -0.2) is 4.79 Å². The Kier molecular flexibility index (Phi) is 5.77. The van der Waals surface area contributed by atoms with Crippen molar-refractivity contribution >= 4 is 17.7 Å². The maximum Gasteiger partial charge on any atom is 0.337 e. The quantitative estimate of drug-likeness (QED) is 0.578. The van der Waals surface area contributed by atoms with E-state index in [9.17, 15) is 14.4 Å². The van der Waals surface area contributed by atoms with Crippen LogP contribution in [0.5, 0.6) is 0 Å². The molecule has 0 bridgehead atoms. The van der Waals surface area contributed by atoms with E-state index in [4.69, 9.17) is 13.9 Å². The second-order valence-corrected chi connectivity index (χ2v) is 8.80. The summed E-state index contributed by atoms with van der Waals surface area (Å²) in [6.07, 6.45) is 4.19. The third kappa shape index (κ3) is 3.82. The highest BCUT2D eigenvalue weighted by Crippen LogP contribution is 2.46. The van der Waals surface area contributed by atoms with Gasteiger partial charge in [0.1, 0.15) is 23.5 Å². The number of nitrogens with one attached hydrogen (secondary N) is 1. The first-order valence-corrected chi connectivity index (χ1v) is 10.9. The van der Waals surface area contributed by atoms with Crippen molar-refractivity contribution < 1.29 is 28.3 Å². The summed E-state index contributed by atoms with van der Waals surface area (Å²) in [6.45, 7) is 5.49. The smallest absolute Gasteiger partial charge is 0.337 e. The Morgan fingerprint density at radius 1 is 1.16 bits per heavy atom. The minimum Gasteiger partial charge on any atom is -0.468 e. The number of ketones is 1. The maximum atomic E-state index is 13.6. The van der Waals surface area contributed by atoms with Crippen molar-refractivity contribution in [2.75, 3.05) is 7.11 Å². The summed E-state index contributed by atoms with van der Waals surface area (Å²) < 4.78 is 16.6. The maximum absolute atomic E-state index is 13.6. The molecule has 166 valence electrons. The third-order valence-corrected chi connectivity index (χ3v) is 6.58. The van der Waals surface area contributed by atoms with Crippen molar-refractivity contribution in [1.29, 1.82) is 0 Å². The average Bonchev–Trinajstić information content (AvgIpc) is 3.38. The van der Waals surface area contributed by atoms with Gasteiger partial charge in [-0.05, 0) is 64.0 Å². The van der Waals surface area contributed by atoms with Gasteiger partial charge in [-0.3, -0.25) is 9.59 Å². The molecule has 0 aromatic carbocycles. The zero-order valence-electron chi connectivity index (χ0n) is 18.4. The van der Waals surface area contributed by atoms with Gasteiger partial charge >= 0.3 is 11.9 Å². The van der Waals surface area contributed by atoms with Crippen molar-refractivity contribution in [3.63, 3.8) is 0 Å². The van der Waals surface area contributed by atoms with Gasteiger partial charge in [0, 0.05) is 17.0 Å². The molecule has 0 radical (unpaired) electrons. The molecule has 1 N–H and O–H groups in total. The molecule has 2 heterocycles. The molecule has 2 aliphatic carbocycles. The molecule has 1 fully saturated rings. The predicted octanol–water partition coefficient (Wildman–Crippen LogP) is 3.69. The van der Waals surface area contributed by atoms with E-state index in [0.29, 0.717) is 34.8 Å². The van der Waals surface area contributed by atoms with Gasteiger partial charge < -0.3 is 19.2 Å². The lowest BCUT2D eigenvalue weighted by atomic mass is 9.70. The van der Waals surface area contributed by atoms with Crippen LogP contribution in [0.15, 0.2) is 39.1 Å². The molecule has 1 aromatic heterocycles. The molecule has 1 aromatic rings. The number of hydrogen-bond donors (Lipinski definition) is 1. The number of carbonyl (C=O) groups is 3. The number of aryl methyl sites for hydroxylation is 1. The number of furan rings is 1. The fourth-order valence-corrected chi connectivity index (χ4v) is 5.07. The lowest BCUT2D eigenvalue weighted by molar-refractivity contribution is -0.151. The highest BCUT2D eigenvalue weighted by Gasteiger charge is 2.48. The Morgan fingerprint density at radius 3 is 2.48 bits per heavy atom. The zero-order valence-corrected chi connectivity index (χ0v) is 18.4. The number of ether oxygens (including phenoxy) is 2. The summed E-state index contributed by atoms with van der Waals surface area (Å²) in [4.78, 5) is 39.3. The van der Waals surface area contributed by atoms with Crippen LogP contribution < -0.4 is 5.32 Å². The average molecular weight is 427 g/mol. The minimum atomic E-state index is -0.908. The molecule has 0 amide bonds. The lowest BCUT2D eigenvalue weighted by Crippen LogP contribution is -2.43. The number of Topliss-reactive ketones (excluding diaryl/α,β-unsaturated/α-hetero) is 1. The summed E-state index contributed by atoms with van der Waals surface area (Å²) in [5, 5.41) is 3.26. The van der Waals surface area contributed by atoms with Gasteiger partial charge in [-0.15, -0.1) is 0 Å². The van der Waals surface area contributed by atoms with Crippen LogP contribution in [0.3, 0.4) is 0 Å². The first kappa shape index (κ1) is 21.4. The molecule has 0 spiro atoms. The van der Waals surface area contributed by atoms with Crippen molar-refractivity contribution in [2.24, 2.45) is 11.8 Å². The summed E-state index contributed by atoms with van der Waals surface area (Å²) in [5.74, 6) is -1.99. The molecule has 3 atom stereocenters. The van der Waals surface area contributed by atoms with E-state index in [1.807, 2.05) is 20.8 Å². The third-order valence-electron chi connectivity index (χ3n) is 6.58. The molecule has 4 rings (SSSR count). The highest BCUT2D eigenvalue weighted by atomic mass is 16.5. The Morgan fingerprint density at radius 2 is 1.87 bits per heavy atom. The summed E-state index contributed by atoms with van der Waals surface area (Å²) >= 11 is 0. The van der Waals surface area contributed by atoms with E-state index in [1.54, 1.807) is 12.1 Å². The molecule has 1 saturated carbocycles.